The molecule has 4 nitrogen and oxygen atoms in total. The van der Waals surface area contributed by atoms with Gasteiger partial charge in [-0.3, -0.25) is 4.79 Å². The minimum absolute atomic E-state index is 0.0682. The maximum absolute atomic E-state index is 12.1. The average molecular weight is 401 g/mol. The highest BCUT2D eigenvalue weighted by Gasteiger charge is 2.29. The monoisotopic (exact) mass is 400 g/mol. The predicted octanol–water partition coefficient (Wildman–Crippen LogP) is 4.63. The quantitative estimate of drug-likeness (QED) is 0.484. The standard InChI is InChI=1S/C19H29BrO4/c1-13(2)12-24-18(22)19(4,5)7-6-8-23-17-9-14(3)16(20)10-15(17)11-21/h9-10,13,21H,6-8,11-12H2,1-5H3. The van der Waals surface area contributed by atoms with Crippen molar-refractivity contribution in [2.75, 3.05) is 13.2 Å². The van der Waals surface area contributed by atoms with Crippen LogP contribution in [-0.2, 0) is 16.1 Å². The summed E-state index contributed by atoms with van der Waals surface area (Å²) in [5, 5.41) is 9.43. The van der Waals surface area contributed by atoms with Crippen LogP contribution in [0.5, 0.6) is 5.75 Å². The Morgan fingerprint density at radius 1 is 1.33 bits per heavy atom. The van der Waals surface area contributed by atoms with Crippen molar-refractivity contribution in [2.45, 2.75) is 54.1 Å². The van der Waals surface area contributed by atoms with Gasteiger partial charge >= 0.3 is 5.97 Å². The van der Waals surface area contributed by atoms with Gasteiger partial charge < -0.3 is 14.6 Å². The number of ether oxygens (including phenoxy) is 2. The van der Waals surface area contributed by atoms with E-state index in [-0.39, 0.29) is 12.6 Å². The number of carbonyl (C=O) groups excluding carboxylic acids is 1. The van der Waals surface area contributed by atoms with Gasteiger partial charge in [-0.05, 0) is 57.2 Å². The lowest BCUT2D eigenvalue weighted by molar-refractivity contribution is -0.155. The summed E-state index contributed by atoms with van der Waals surface area (Å²) >= 11 is 3.45. The molecule has 1 N–H and O–H groups in total. The van der Waals surface area contributed by atoms with Crippen molar-refractivity contribution in [1.29, 1.82) is 0 Å². The van der Waals surface area contributed by atoms with Gasteiger partial charge in [0.05, 0.1) is 25.2 Å². The fourth-order valence-corrected chi connectivity index (χ4v) is 2.58. The molecule has 136 valence electrons. The summed E-state index contributed by atoms with van der Waals surface area (Å²) in [6.07, 6.45) is 1.43. The Labute approximate surface area is 153 Å². The molecule has 1 rings (SSSR count). The van der Waals surface area contributed by atoms with E-state index < -0.39 is 5.41 Å². The number of halogens is 1. The number of hydrogen-bond donors (Lipinski definition) is 1. The lowest BCUT2D eigenvalue weighted by atomic mass is 9.88. The van der Waals surface area contributed by atoms with E-state index in [0.29, 0.717) is 31.3 Å². The van der Waals surface area contributed by atoms with Gasteiger partial charge in [0.15, 0.2) is 0 Å². The van der Waals surface area contributed by atoms with Gasteiger partial charge in [0.2, 0.25) is 0 Å². The summed E-state index contributed by atoms with van der Waals surface area (Å²) in [7, 11) is 0. The molecule has 0 atom stereocenters. The molecule has 5 heteroatoms. The van der Waals surface area contributed by atoms with E-state index in [9.17, 15) is 9.90 Å². The number of rotatable bonds is 9. The Hall–Kier alpha value is -1.07. The zero-order chi connectivity index (χ0) is 18.3. The van der Waals surface area contributed by atoms with Crippen LogP contribution in [0.3, 0.4) is 0 Å². The normalized spacial score (nSPS) is 11.7. The number of esters is 1. The van der Waals surface area contributed by atoms with Gasteiger partial charge in [-0.25, -0.2) is 0 Å². The number of benzene rings is 1. The Balaban J connectivity index is 2.50. The van der Waals surface area contributed by atoms with Crippen LogP contribution in [0.4, 0.5) is 0 Å². The molecule has 1 aromatic rings. The van der Waals surface area contributed by atoms with Gasteiger partial charge in [0.25, 0.3) is 0 Å². The minimum atomic E-state index is -0.520. The van der Waals surface area contributed by atoms with Crippen LogP contribution in [0, 0.1) is 18.3 Å². The van der Waals surface area contributed by atoms with Gasteiger partial charge in [0.1, 0.15) is 5.75 Å². The summed E-state index contributed by atoms with van der Waals surface area (Å²) in [4.78, 5) is 12.1. The van der Waals surface area contributed by atoms with Crippen molar-refractivity contribution < 1.29 is 19.4 Å². The number of hydrogen-bond acceptors (Lipinski definition) is 4. The van der Waals surface area contributed by atoms with Crippen molar-refractivity contribution in [3.05, 3.63) is 27.7 Å². The summed E-state index contributed by atoms with van der Waals surface area (Å²) in [5.74, 6) is 0.871. The third kappa shape index (κ3) is 6.44. The maximum atomic E-state index is 12.1. The SMILES string of the molecule is Cc1cc(OCCCC(C)(C)C(=O)OCC(C)C)c(CO)cc1Br. The second-order valence-electron chi connectivity index (χ2n) is 7.20. The second kappa shape index (κ2) is 9.42. The Morgan fingerprint density at radius 2 is 2.00 bits per heavy atom. The van der Waals surface area contributed by atoms with Crippen LogP contribution in [0.1, 0.15) is 51.7 Å². The molecular weight excluding hydrogens is 372 g/mol. The highest BCUT2D eigenvalue weighted by Crippen LogP contribution is 2.28. The maximum Gasteiger partial charge on any atom is 0.311 e. The van der Waals surface area contributed by atoms with Crippen molar-refractivity contribution >= 4 is 21.9 Å². The van der Waals surface area contributed by atoms with E-state index in [1.165, 1.54) is 0 Å². The zero-order valence-electron chi connectivity index (χ0n) is 15.3. The topological polar surface area (TPSA) is 55.8 Å². The Morgan fingerprint density at radius 3 is 2.58 bits per heavy atom. The molecule has 0 aromatic heterocycles. The first-order valence-corrected chi connectivity index (χ1v) is 9.16. The smallest absolute Gasteiger partial charge is 0.311 e. The third-order valence-electron chi connectivity index (χ3n) is 3.82. The molecular formula is C19H29BrO4. The molecule has 0 unspecified atom stereocenters. The Bertz CT molecular complexity index is 553. The van der Waals surface area contributed by atoms with E-state index in [4.69, 9.17) is 9.47 Å². The van der Waals surface area contributed by atoms with E-state index >= 15 is 0 Å². The van der Waals surface area contributed by atoms with Crippen LogP contribution in [0.15, 0.2) is 16.6 Å². The van der Waals surface area contributed by atoms with Crippen LogP contribution in [0.2, 0.25) is 0 Å². The van der Waals surface area contributed by atoms with Gasteiger partial charge in [-0.2, -0.15) is 0 Å². The molecule has 0 heterocycles. The van der Waals surface area contributed by atoms with E-state index in [1.807, 2.05) is 46.8 Å². The van der Waals surface area contributed by atoms with Gasteiger partial charge in [0, 0.05) is 10.0 Å². The molecule has 0 aliphatic rings. The molecule has 24 heavy (non-hydrogen) atoms. The number of aliphatic hydroxyl groups excluding tert-OH is 1. The molecule has 0 fully saturated rings. The first kappa shape index (κ1) is 21.0. The van der Waals surface area contributed by atoms with Crippen molar-refractivity contribution in [2.24, 2.45) is 11.3 Å². The largest absolute Gasteiger partial charge is 0.493 e. The molecule has 0 bridgehead atoms. The van der Waals surface area contributed by atoms with Crippen molar-refractivity contribution in [3.63, 3.8) is 0 Å². The van der Waals surface area contributed by atoms with Crippen LogP contribution in [-0.4, -0.2) is 24.3 Å². The second-order valence-corrected chi connectivity index (χ2v) is 8.05. The molecule has 0 spiro atoms. The predicted molar refractivity (Wildman–Crippen MR) is 99.1 cm³/mol. The first-order chi connectivity index (χ1) is 11.2. The van der Waals surface area contributed by atoms with Crippen LogP contribution >= 0.6 is 15.9 Å². The van der Waals surface area contributed by atoms with E-state index in [0.717, 1.165) is 22.0 Å². The number of aryl methyl sites for hydroxylation is 1. The first-order valence-electron chi connectivity index (χ1n) is 8.37. The summed E-state index contributed by atoms with van der Waals surface area (Å²) < 4.78 is 12.1. The molecule has 0 aliphatic heterocycles. The number of aliphatic hydroxyl groups is 1. The molecule has 0 saturated carbocycles. The molecule has 0 radical (unpaired) electrons. The van der Waals surface area contributed by atoms with E-state index in [2.05, 4.69) is 15.9 Å². The summed E-state index contributed by atoms with van der Waals surface area (Å²) in [6.45, 7) is 10.7. The van der Waals surface area contributed by atoms with Crippen molar-refractivity contribution in [1.82, 2.24) is 0 Å². The molecule has 0 amide bonds. The van der Waals surface area contributed by atoms with Gasteiger partial charge in [-0.1, -0.05) is 29.8 Å². The van der Waals surface area contributed by atoms with E-state index in [1.54, 1.807) is 0 Å². The summed E-state index contributed by atoms with van der Waals surface area (Å²) in [6, 6.07) is 3.79. The molecule has 0 saturated heterocycles. The molecule has 1 aromatic carbocycles. The summed E-state index contributed by atoms with van der Waals surface area (Å²) in [5.41, 5.74) is 1.29. The van der Waals surface area contributed by atoms with Crippen molar-refractivity contribution in [3.8, 4) is 5.75 Å². The highest BCUT2D eigenvalue weighted by molar-refractivity contribution is 9.10. The molecule has 0 aliphatic carbocycles. The highest BCUT2D eigenvalue weighted by atomic mass is 79.9. The zero-order valence-corrected chi connectivity index (χ0v) is 16.9. The Kier molecular flexibility index (Phi) is 8.23. The lowest BCUT2D eigenvalue weighted by Gasteiger charge is -2.23. The fourth-order valence-electron chi connectivity index (χ4n) is 2.19. The fraction of sp³-hybridized carbons (Fsp3) is 0.632. The van der Waals surface area contributed by atoms with Gasteiger partial charge in [-0.15, -0.1) is 0 Å². The lowest BCUT2D eigenvalue weighted by Crippen LogP contribution is -2.28. The van der Waals surface area contributed by atoms with Crippen LogP contribution in [0.25, 0.3) is 0 Å². The number of carbonyl (C=O) groups is 1. The minimum Gasteiger partial charge on any atom is -0.493 e. The van der Waals surface area contributed by atoms with Crippen LogP contribution < -0.4 is 4.74 Å². The average Bonchev–Trinajstić information content (AvgIpc) is 2.51. The third-order valence-corrected chi connectivity index (χ3v) is 4.67.